The van der Waals surface area contributed by atoms with E-state index >= 15 is 0 Å². The van der Waals surface area contributed by atoms with E-state index in [1.54, 1.807) is 11.1 Å². The van der Waals surface area contributed by atoms with Gasteiger partial charge in [-0.15, -0.1) is 0 Å². The number of unbranched alkanes of at least 4 members (excludes halogenated alkanes) is 1. The summed E-state index contributed by atoms with van der Waals surface area (Å²) in [4.78, 5) is 0. The number of hydrogen-bond donors (Lipinski definition) is 0. The summed E-state index contributed by atoms with van der Waals surface area (Å²) in [6.45, 7) is 13.6. The predicted molar refractivity (Wildman–Crippen MR) is 109 cm³/mol. The van der Waals surface area contributed by atoms with Crippen LogP contribution in [0.15, 0.2) is 0 Å². The third-order valence-corrected chi connectivity index (χ3v) is 14.8. The Balaban J connectivity index is 0.000000891. The monoisotopic (exact) mass is 475 g/mol. The molecule has 130 valence electrons. The van der Waals surface area contributed by atoms with Gasteiger partial charge in [-0.1, -0.05) is 39.5 Å². The summed E-state index contributed by atoms with van der Waals surface area (Å²) in [5.41, 5.74) is 3.15. The summed E-state index contributed by atoms with van der Waals surface area (Å²) < 4.78 is 2.94. The zero-order valence-corrected chi connectivity index (χ0v) is 21.4. The SMILES string of the molecule is CCCCN([Si](C)(C)[C]1[CH][CH][CH][CH]1)[Si](C)(C)[C]1[CH][CH][CH][CH]1.[Cl][Zr+2][Cl]. The molecule has 0 unspecified atom stereocenters. The molecule has 2 rings (SSSR count). The van der Waals surface area contributed by atoms with Crippen LogP contribution in [0, 0.1) is 62.4 Å². The Hall–Kier alpha value is 1.86. The van der Waals surface area contributed by atoms with Crippen LogP contribution in [0.2, 0.25) is 26.2 Å². The zero-order valence-electron chi connectivity index (χ0n) is 15.4. The molecule has 2 saturated carbocycles. The summed E-state index contributed by atoms with van der Waals surface area (Å²) in [7, 11) is 6.69. The van der Waals surface area contributed by atoms with E-state index in [2.05, 4.69) is 88.7 Å². The zero-order chi connectivity index (χ0) is 18.2. The quantitative estimate of drug-likeness (QED) is 0.421. The molecule has 24 heavy (non-hydrogen) atoms. The fraction of sp³-hybridized carbons (Fsp3) is 0.444. The molecular formula is C18H29Cl2NSi2Zr+2. The minimum atomic E-state index is -1.59. The van der Waals surface area contributed by atoms with Crippen molar-refractivity contribution in [2.45, 2.75) is 46.0 Å². The molecular weight excluding hydrogens is 449 g/mol. The average molecular weight is 478 g/mol. The Morgan fingerprint density at radius 1 is 0.833 bits per heavy atom. The normalized spacial score (nSPS) is 20.2. The standard InChI is InChI=1S/C18H29NSi2.2ClH.Zr/c1-6-7-16-19(20(2,3)17-12-8-9-13-17)21(4,5)18-14-10-11-15-18;;;/h8-15H,6-7,16H2,1-5H3;2*1H;/q;;;+4/p-2. The number of nitrogens with zero attached hydrogens (tertiary/aromatic N) is 1. The molecule has 0 spiro atoms. The molecule has 0 aliphatic heterocycles. The Kier molecular flexibility index (Phi) is 11.6. The Morgan fingerprint density at radius 3 is 1.46 bits per heavy atom. The molecule has 0 aromatic rings. The second-order valence-electron chi connectivity index (χ2n) is 7.04. The van der Waals surface area contributed by atoms with E-state index in [9.17, 15) is 0 Å². The van der Waals surface area contributed by atoms with E-state index in [4.69, 9.17) is 17.0 Å². The van der Waals surface area contributed by atoms with Crippen LogP contribution in [0.3, 0.4) is 0 Å². The first-order chi connectivity index (χ1) is 11.3. The van der Waals surface area contributed by atoms with Crippen LogP contribution in [-0.2, 0) is 20.8 Å². The molecule has 0 amide bonds. The van der Waals surface area contributed by atoms with Gasteiger partial charge < -0.3 is 4.23 Å². The molecule has 10 radical (unpaired) electrons. The van der Waals surface area contributed by atoms with E-state index in [0.29, 0.717) is 0 Å². The first-order valence-electron chi connectivity index (χ1n) is 8.50. The molecule has 0 atom stereocenters. The second kappa shape index (κ2) is 11.6. The van der Waals surface area contributed by atoms with Gasteiger partial charge >= 0.3 is 37.9 Å². The Morgan fingerprint density at radius 2 is 1.17 bits per heavy atom. The number of rotatable bonds is 7. The van der Waals surface area contributed by atoms with Crippen LogP contribution < -0.4 is 0 Å². The Bertz CT molecular complexity index is 316. The number of hydrogen-bond acceptors (Lipinski definition) is 1. The van der Waals surface area contributed by atoms with Crippen molar-refractivity contribution in [2.75, 3.05) is 6.54 Å². The van der Waals surface area contributed by atoms with E-state index in [1.807, 2.05) is 0 Å². The van der Waals surface area contributed by atoms with Gasteiger partial charge in [0, 0.05) is 0 Å². The van der Waals surface area contributed by atoms with Crippen LogP contribution in [-0.4, -0.2) is 27.2 Å². The molecule has 0 N–H and O–H groups in total. The summed E-state index contributed by atoms with van der Waals surface area (Å²) in [6.07, 6.45) is 20.7. The van der Waals surface area contributed by atoms with Crippen molar-refractivity contribution in [2.24, 2.45) is 0 Å². The van der Waals surface area contributed by atoms with Gasteiger partial charge in [-0.25, -0.2) is 0 Å². The van der Waals surface area contributed by atoms with Gasteiger partial charge in [-0.3, -0.25) is 0 Å². The van der Waals surface area contributed by atoms with Crippen LogP contribution in [0.4, 0.5) is 0 Å². The van der Waals surface area contributed by atoms with Crippen LogP contribution in [0.5, 0.6) is 0 Å². The van der Waals surface area contributed by atoms with Gasteiger partial charge in [0.05, 0.1) is 0 Å². The van der Waals surface area contributed by atoms with Crippen molar-refractivity contribution in [3.63, 3.8) is 0 Å². The second-order valence-corrected chi connectivity index (χ2v) is 19.7. The van der Waals surface area contributed by atoms with Gasteiger partial charge in [0.15, 0.2) is 0 Å². The van der Waals surface area contributed by atoms with Crippen molar-refractivity contribution in [1.82, 2.24) is 4.23 Å². The fourth-order valence-corrected chi connectivity index (χ4v) is 13.9. The van der Waals surface area contributed by atoms with E-state index in [-0.39, 0.29) is 0 Å². The average Bonchev–Trinajstić information content (AvgIpc) is 3.22. The first kappa shape index (κ1) is 23.9. The molecule has 0 aromatic heterocycles. The predicted octanol–water partition coefficient (Wildman–Crippen LogP) is 5.76. The maximum absolute atomic E-state index is 4.93. The van der Waals surface area contributed by atoms with Gasteiger partial charge in [0.1, 0.15) is 16.5 Å². The van der Waals surface area contributed by atoms with Crippen LogP contribution in [0.1, 0.15) is 19.8 Å². The number of halogens is 2. The molecule has 2 fully saturated rings. The van der Waals surface area contributed by atoms with Gasteiger partial charge in [-0.2, -0.15) is 0 Å². The van der Waals surface area contributed by atoms with Gasteiger partial charge in [0.25, 0.3) is 0 Å². The van der Waals surface area contributed by atoms with Crippen molar-refractivity contribution >= 4 is 33.5 Å². The molecule has 1 nitrogen and oxygen atoms in total. The third-order valence-electron chi connectivity index (χ3n) is 4.82. The molecule has 0 bridgehead atoms. The van der Waals surface area contributed by atoms with Gasteiger partial charge in [0.2, 0.25) is 0 Å². The Labute approximate surface area is 172 Å². The van der Waals surface area contributed by atoms with Crippen molar-refractivity contribution in [3.8, 4) is 0 Å². The van der Waals surface area contributed by atoms with Crippen LogP contribution in [0.25, 0.3) is 0 Å². The van der Waals surface area contributed by atoms with Gasteiger partial charge in [-0.05, 0) is 75.4 Å². The molecule has 0 aromatic carbocycles. The summed E-state index contributed by atoms with van der Waals surface area (Å²) in [5, 5.41) is 0. The van der Waals surface area contributed by atoms with Crippen molar-refractivity contribution < 1.29 is 20.8 Å². The van der Waals surface area contributed by atoms with E-state index in [1.165, 1.54) is 19.4 Å². The van der Waals surface area contributed by atoms with Crippen molar-refractivity contribution in [1.29, 1.82) is 0 Å². The summed E-state index contributed by atoms with van der Waals surface area (Å²) in [5.74, 6) is 0. The van der Waals surface area contributed by atoms with E-state index < -0.39 is 37.3 Å². The molecule has 2 aliphatic carbocycles. The summed E-state index contributed by atoms with van der Waals surface area (Å²) in [6, 6.07) is 0. The van der Waals surface area contributed by atoms with Crippen molar-refractivity contribution in [3.05, 3.63) is 62.4 Å². The molecule has 0 saturated heterocycles. The molecule has 0 heterocycles. The summed E-state index contributed by atoms with van der Waals surface area (Å²) >= 11 is -0.826. The fourth-order valence-electron chi connectivity index (χ4n) is 3.45. The van der Waals surface area contributed by atoms with E-state index in [0.717, 1.165) is 0 Å². The minimum absolute atomic E-state index is 0.826. The maximum atomic E-state index is 4.93. The molecule has 6 heteroatoms. The molecule has 2 aliphatic rings. The first-order valence-corrected chi connectivity index (χ1v) is 20.7. The van der Waals surface area contributed by atoms with Crippen LogP contribution >= 0.6 is 17.0 Å². The topological polar surface area (TPSA) is 3.24 Å². The third kappa shape index (κ3) is 6.48.